The maximum absolute atomic E-state index is 13.9. The first-order valence-electron chi connectivity index (χ1n) is 14.5. The van der Waals surface area contributed by atoms with E-state index in [4.69, 9.17) is 4.74 Å². The van der Waals surface area contributed by atoms with Crippen LogP contribution in [-0.2, 0) is 17.8 Å². The molecule has 4 aromatic carbocycles. The Balaban J connectivity index is 1.46. The highest BCUT2D eigenvalue weighted by molar-refractivity contribution is 6.00. The Morgan fingerprint density at radius 2 is 1.61 bits per heavy atom. The van der Waals surface area contributed by atoms with E-state index in [0.29, 0.717) is 43.0 Å². The number of carbonyl (C=O) groups is 2. The molecule has 4 rings (SSSR count). The van der Waals surface area contributed by atoms with Gasteiger partial charge in [0, 0.05) is 18.7 Å². The number of phenols is 1. The Hall–Kier alpha value is -4.32. The summed E-state index contributed by atoms with van der Waals surface area (Å²) >= 11 is 0. The summed E-state index contributed by atoms with van der Waals surface area (Å²) < 4.78 is 5.88. The molecule has 0 heterocycles. The third-order valence-electron chi connectivity index (χ3n) is 7.55. The van der Waals surface area contributed by atoms with Crippen LogP contribution in [0.25, 0.3) is 10.8 Å². The van der Waals surface area contributed by atoms with Crippen molar-refractivity contribution in [3.8, 4) is 11.5 Å². The van der Waals surface area contributed by atoms with E-state index in [2.05, 4.69) is 5.32 Å². The molecule has 2 N–H and O–H groups in total. The summed E-state index contributed by atoms with van der Waals surface area (Å²) in [5.74, 6) is 0.0997. The zero-order valence-corrected chi connectivity index (χ0v) is 24.2. The summed E-state index contributed by atoms with van der Waals surface area (Å²) in [4.78, 5) is 29.0. The predicted octanol–water partition coefficient (Wildman–Crippen LogP) is 6.75. The number of aromatic hydroxyl groups is 1. The minimum atomic E-state index is -0.653. The van der Waals surface area contributed by atoms with Gasteiger partial charge in [0.05, 0.1) is 0 Å². The molecule has 0 fully saturated rings. The van der Waals surface area contributed by atoms with Crippen molar-refractivity contribution >= 4 is 22.6 Å². The average molecular weight is 553 g/mol. The molecule has 0 aliphatic carbocycles. The first-order valence-corrected chi connectivity index (χ1v) is 14.5. The van der Waals surface area contributed by atoms with Gasteiger partial charge in [-0.25, -0.2) is 0 Å². The van der Waals surface area contributed by atoms with Crippen molar-refractivity contribution in [3.63, 3.8) is 0 Å². The van der Waals surface area contributed by atoms with Crippen LogP contribution >= 0.6 is 0 Å². The van der Waals surface area contributed by atoms with Gasteiger partial charge >= 0.3 is 0 Å². The topological polar surface area (TPSA) is 78.9 Å². The van der Waals surface area contributed by atoms with Crippen LogP contribution in [0.1, 0.15) is 55.1 Å². The molecule has 0 aliphatic rings. The number of carbonyl (C=O) groups excluding carboxylic acids is 2. The lowest BCUT2D eigenvalue weighted by Gasteiger charge is -2.31. The normalized spacial score (nSPS) is 12.5. The number of nitrogens with one attached hydrogen (secondary N) is 1. The fourth-order valence-corrected chi connectivity index (χ4v) is 4.91. The first-order chi connectivity index (χ1) is 19.9. The quantitative estimate of drug-likeness (QED) is 0.192. The number of ether oxygens (including phenoxy) is 1. The van der Waals surface area contributed by atoms with Gasteiger partial charge < -0.3 is 20.1 Å². The predicted molar refractivity (Wildman–Crippen MR) is 164 cm³/mol. The maximum atomic E-state index is 13.9. The third kappa shape index (κ3) is 7.66. The molecule has 4 aromatic rings. The summed E-state index contributed by atoms with van der Waals surface area (Å²) in [5, 5.41) is 16.0. The fraction of sp³-hybridized carbons (Fsp3) is 0.314. The van der Waals surface area contributed by atoms with E-state index < -0.39 is 6.04 Å². The molecule has 6 heteroatoms. The van der Waals surface area contributed by atoms with Gasteiger partial charge in [0.1, 0.15) is 12.6 Å². The Bertz CT molecular complexity index is 1450. The molecule has 0 spiro atoms. The van der Waals surface area contributed by atoms with E-state index in [1.54, 1.807) is 17.0 Å². The largest absolute Gasteiger partial charge is 0.504 e. The van der Waals surface area contributed by atoms with Gasteiger partial charge in [-0.3, -0.25) is 9.59 Å². The maximum Gasteiger partial charge on any atom is 0.251 e. The van der Waals surface area contributed by atoms with Crippen molar-refractivity contribution < 1.29 is 19.4 Å². The molecule has 0 aromatic heterocycles. The van der Waals surface area contributed by atoms with Crippen molar-refractivity contribution in [1.82, 2.24) is 10.2 Å². The molecule has 41 heavy (non-hydrogen) atoms. The molecular formula is C35H40N2O4. The average Bonchev–Trinajstić information content (AvgIpc) is 3.01. The van der Waals surface area contributed by atoms with Gasteiger partial charge in [-0.15, -0.1) is 0 Å². The van der Waals surface area contributed by atoms with E-state index in [-0.39, 0.29) is 23.5 Å². The van der Waals surface area contributed by atoms with Crippen molar-refractivity contribution in [1.29, 1.82) is 0 Å². The summed E-state index contributed by atoms with van der Waals surface area (Å²) in [7, 11) is 0. The highest BCUT2D eigenvalue weighted by Crippen LogP contribution is 2.31. The number of hydrogen-bond acceptors (Lipinski definition) is 4. The van der Waals surface area contributed by atoms with Crippen LogP contribution in [0.15, 0.2) is 91.0 Å². The zero-order chi connectivity index (χ0) is 29.2. The second kappa shape index (κ2) is 14.4. The van der Waals surface area contributed by atoms with Gasteiger partial charge in [0.25, 0.3) is 5.91 Å². The summed E-state index contributed by atoms with van der Waals surface area (Å²) in [6, 6.07) is 28.1. The number of nitrogens with zero attached hydrogens (tertiary/aromatic N) is 1. The molecule has 0 saturated carbocycles. The van der Waals surface area contributed by atoms with E-state index in [0.717, 1.165) is 29.2 Å². The number of fused-ring (bicyclic) bond motifs is 1. The number of amides is 2. The Morgan fingerprint density at radius 1 is 0.878 bits per heavy atom. The van der Waals surface area contributed by atoms with Gasteiger partial charge in [-0.2, -0.15) is 0 Å². The molecule has 6 nitrogen and oxygen atoms in total. The number of phenolic OH excluding ortho intramolecular Hbond substituents is 1. The van der Waals surface area contributed by atoms with Crippen molar-refractivity contribution in [2.24, 2.45) is 5.92 Å². The molecule has 2 amide bonds. The minimum absolute atomic E-state index is 0.0469. The van der Waals surface area contributed by atoms with Gasteiger partial charge in [-0.05, 0) is 58.9 Å². The van der Waals surface area contributed by atoms with Crippen LogP contribution in [0.5, 0.6) is 11.5 Å². The van der Waals surface area contributed by atoms with E-state index in [9.17, 15) is 14.7 Å². The van der Waals surface area contributed by atoms with Crippen LogP contribution in [0, 0.1) is 5.92 Å². The molecular weight excluding hydrogens is 512 g/mol. The van der Waals surface area contributed by atoms with Crippen molar-refractivity contribution in [3.05, 3.63) is 108 Å². The van der Waals surface area contributed by atoms with Crippen molar-refractivity contribution in [2.45, 2.75) is 52.7 Å². The molecule has 0 radical (unpaired) electrons. The number of hydrogen-bond donors (Lipinski definition) is 2. The lowest BCUT2D eigenvalue weighted by molar-refractivity contribution is -0.134. The lowest BCUT2D eigenvalue weighted by Crippen LogP contribution is -2.52. The van der Waals surface area contributed by atoms with E-state index in [1.165, 1.54) is 0 Å². The highest BCUT2D eigenvalue weighted by atomic mass is 16.5. The highest BCUT2D eigenvalue weighted by Gasteiger charge is 2.30. The number of para-hydroxylation sites is 1. The summed E-state index contributed by atoms with van der Waals surface area (Å²) in [6.07, 6.45) is 1.99. The fourth-order valence-electron chi connectivity index (χ4n) is 4.91. The third-order valence-corrected chi connectivity index (χ3v) is 7.55. The lowest BCUT2D eigenvalue weighted by atomic mass is 9.96. The Labute approximate surface area is 243 Å². The van der Waals surface area contributed by atoms with Crippen LogP contribution in [0.4, 0.5) is 0 Å². The van der Waals surface area contributed by atoms with Gasteiger partial charge in [-0.1, -0.05) is 100.0 Å². The van der Waals surface area contributed by atoms with E-state index in [1.807, 2.05) is 99.6 Å². The van der Waals surface area contributed by atoms with Crippen LogP contribution in [0.3, 0.4) is 0 Å². The molecule has 0 aliphatic heterocycles. The molecule has 2 atom stereocenters. The molecule has 1 unspecified atom stereocenters. The van der Waals surface area contributed by atoms with E-state index >= 15 is 0 Å². The van der Waals surface area contributed by atoms with Crippen LogP contribution in [-0.4, -0.2) is 41.0 Å². The first kappa shape index (κ1) is 29.7. The monoisotopic (exact) mass is 552 g/mol. The van der Waals surface area contributed by atoms with Crippen LogP contribution in [0.2, 0.25) is 0 Å². The zero-order valence-electron chi connectivity index (χ0n) is 24.2. The minimum Gasteiger partial charge on any atom is -0.504 e. The van der Waals surface area contributed by atoms with Crippen molar-refractivity contribution in [2.75, 3.05) is 13.1 Å². The molecule has 0 saturated heterocycles. The smallest absolute Gasteiger partial charge is 0.251 e. The second-order valence-electron chi connectivity index (χ2n) is 10.5. The van der Waals surface area contributed by atoms with Gasteiger partial charge in [0.15, 0.2) is 11.5 Å². The Morgan fingerprint density at radius 3 is 2.34 bits per heavy atom. The second-order valence-corrected chi connectivity index (χ2v) is 10.5. The number of benzene rings is 4. The van der Waals surface area contributed by atoms with Crippen LogP contribution < -0.4 is 10.1 Å². The number of rotatable bonds is 13. The SMILES string of the molecule is CCCN(CCc1cccc(OCc2ccccc2)c1O)C(=O)[C@@H](NC(=O)c1ccc2ccccc2c1)C(C)CC. The summed E-state index contributed by atoms with van der Waals surface area (Å²) in [5.41, 5.74) is 2.26. The molecule has 214 valence electrons. The van der Waals surface area contributed by atoms with Gasteiger partial charge in [0.2, 0.25) is 5.91 Å². The standard InChI is InChI=1S/C35H40N2O4/c1-4-21-37(22-20-28-16-11-17-31(33(28)38)41-24-26-12-7-6-8-13-26)35(40)32(25(3)5-2)36-34(39)30-19-18-27-14-9-10-15-29(27)23-30/h6-19,23,25,32,38H,4-5,20-22,24H2,1-3H3,(H,36,39)/t25?,32-/m0/s1. The summed E-state index contributed by atoms with van der Waals surface area (Å²) in [6.45, 7) is 7.38. The Kier molecular flexibility index (Phi) is 10.4. The molecule has 0 bridgehead atoms.